The fraction of sp³-hybridized carbons (Fsp3) is 0.391. The lowest BCUT2D eigenvalue weighted by molar-refractivity contribution is -0.274. The zero-order chi connectivity index (χ0) is 25.4. The van der Waals surface area contributed by atoms with Gasteiger partial charge in [0.25, 0.3) is 0 Å². The zero-order valence-corrected chi connectivity index (χ0v) is 18.8. The van der Waals surface area contributed by atoms with Gasteiger partial charge in [-0.3, -0.25) is 0 Å². The van der Waals surface area contributed by atoms with E-state index in [0.29, 0.717) is 11.3 Å². The summed E-state index contributed by atoms with van der Waals surface area (Å²) >= 11 is 0. The van der Waals surface area contributed by atoms with Crippen LogP contribution in [0.1, 0.15) is 26.3 Å². The number of rotatable bonds is 10. The summed E-state index contributed by atoms with van der Waals surface area (Å²) in [6.07, 6.45) is -6.62. The quantitative estimate of drug-likeness (QED) is 0.476. The number of hydrogen-bond donors (Lipinski definition) is 2. The first-order chi connectivity index (χ1) is 15.8. The average molecular weight is 485 g/mol. The number of aliphatic carboxylic acids is 1. The predicted octanol–water partition coefficient (Wildman–Crippen LogP) is 4.56. The Kier molecular flexibility index (Phi) is 8.99. The van der Waals surface area contributed by atoms with Crippen molar-refractivity contribution in [3.05, 3.63) is 54.1 Å². The number of nitrogens with one attached hydrogen (secondary N) is 1. The van der Waals surface area contributed by atoms with Crippen molar-refractivity contribution in [1.29, 1.82) is 0 Å². The molecule has 0 aliphatic carbocycles. The molecule has 2 N–H and O–H groups in total. The van der Waals surface area contributed by atoms with Crippen molar-refractivity contribution in [1.82, 2.24) is 5.32 Å². The summed E-state index contributed by atoms with van der Waals surface area (Å²) < 4.78 is 56.5. The van der Waals surface area contributed by atoms with Crippen molar-refractivity contribution in [2.45, 2.75) is 45.3 Å². The maximum atomic E-state index is 12.2. The highest BCUT2D eigenvalue weighted by Crippen LogP contribution is 2.25. The van der Waals surface area contributed by atoms with E-state index >= 15 is 0 Å². The Bertz CT molecular complexity index is 939. The fourth-order valence-corrected chi connectivity index (χ4v) is 2.64. The number of carboxylic acids is 1. The molecule has 1 amide bonds. The molecular formula is C23H26F3NO7. The van der Waals surface area contributed by atoms with Crippen molar-refractivity contribution >= 4 is 12.1 Å². The summed E-state index contributed by atoms with van der Waals surface area (Å²) in [5, 5.41) is 12.0. The van der Waals surface area contributed by atoms with Gasteiger partial charge in [-0.25, -0.2) is 9.59 Å². The van der Waals surface area contributed by atoms with Gasteiger partial charge in [-0.1, -0.05) is 12.1 Å². The first kappa shape index (κ1) is 26.6. The van der Waals surface area contributed by atoms with Crippen LogP contribution in [-0.4, -0.2) is 48.4 Å². The summed E-state index contributed by atoms with van der Waals surface area (Å²) in [5.41, 5.74) is 0.0483. The number of carbonyl (C=O) groups is 2. The Morgan fingerprint density at radius 2 is 1.50 bits per heavy atom. The van der Waals surface area contributed by atoms with Crippen LogP contribution < -0.4 is 19.5 Å². The number of halogens is 3. The highest BCUT2D eigenvalue weighted by Gasteiger charge is 2.31. The number of alkyl carbamates (subject to hydrolysis) is 1. The van der Waals surface area contributed by atoms with Crippen LogP contribution in [0.5, 0.6) is 17.2 Å². The van der Waals surface area contributed by atoms with Gasteiger partial charge in [-0.05, 0) is 62.7 Å². The van der Waals surface area contributed by atoms with Crippen molar-refractivity contribution in [2.24, 2.45) is 0 Å². The van der Waals surface area contributed by atoms with E-state index in [1.165, 1.54) is 12.1 Å². The number of amides is 1. The van der Waals surface area contributed by atoms with Crippen LogP contribution in [0.4, 0.5) is 18.0 Å². The number of alkyl halides is 3. The third kappa shape index (κ3) is 10.3. The topological polar surface area (TPSA) is 103 Å². The van der Waals surface area contributed by atoms with Crippen LogP contribution >= 0.6 is 0 Å². The number of hydrogen-bond acceptors (Lipinski definition) is 6. The molecule has 0 aliphatic rings. The molecule has 0 aliphatic heterocycles. The summed E-state index contributed by atoms with van der Waals surface area (Å²) in [6.45, 7) is 5.71. The Balaban J connectivity index is 1.84. The van der Waals surface area contributed by atoms with E-state index in [-0.39, 0.29) is 25.3 Å². The van der Waals surface area contributed by atoms with Gasteiger partial charge in [0.15, 0.2) is 6.10 Å². The predicted molar refractivity (Wildman–Crippen MR) is 115 cm³/mol. The number of carboxylic acid groups (broad SMARTS) is 1. The van der Waals surface area contributed by atoms with E-state index in [9.17, 15) is 27.9 Å². The minimum atomic E-state index is -4.82. The maximum absolute atomic E-state index is 12.2. The highest BCUT2D eigenvalue weighted by molar-refractivity contribution is 5.73. The average Bonchev–Trinajstić information content (AvgIpc) is 2.71. The first-order valence-electron chi connectivity index (χ1n) is 10.2. The Morgan fingerprint density at radius 3 is 2.03 bits per heavy atom. The third-order valence-corrected chi connectivity index (χ3v) is 3.99. The fourth-order valence-electron chi connectivity index (χ4n) is 2.64. The molecule has 34 heavy (non-hydrogen) atoms. The molecule has 1 unspecified atom stereocenters. The van der Waals surface area contributed by atoms with Gasteiger partial charge in [0, 0.05) is 6.42 Å². The van der Waals surface area contributed by atoms with Gasteiger partial charge >= 0.3 is 18.4 Å². The Hall–Kier alpha value is -3.63. The summed E-state index contributed by atoms with van der Waals surface area (Å²) in [4.78, 5) is 23.2. The molecule has 11 heteroatoms. The minimum absolute atomic E-state index is 0.0105. The van der Waals surface area contributed by atoms with Crippen LogP contribution in [-0.2, 0) is 16.0 Å². The molecule has 2 rings (SSSR count). The molecular weight excluding hydrogens is 459 g/mol. The lowest BCUT2D eigenvalue weighted by atomic mass is 10.1. The van der Waals surface area contributed by atoms with Gasteiger partial charge < -0.3 is 29.4 Å². The van der Waals surface area contributed by atoms with E-state index in [1.54, 1.807) is 45.0 Å². The second-order valence-electron chi connectivity index (χ2n) is 8.09. The molecule has 0 heterocycles. The summed E-state index contributed by atoms with van der Waals surface area (Å²) in [6, 6.07) is 11.1. The van der Waals surface area contributed by atoms with E-state index in [2.05, 4.69) is 10.1 Å². The van der Waals surface area contributed by atoms with Gasteiger partial charge in [-0.2, -0.15) is 0 Å². The second-order valence-corrected chi connectivity index (χ2v) is 8.09. The standard InChI is InChI=1S/C23H26F3NO7/c1-22(2,3)34-21(30)27-12-13-31-16-6-4-15(5-7-16)14-19(20(28)29)32-17-8-10-18(11-9-17)33-23(24,25)26/h4-11,19H,12-14H2,1-3H3,(H,27,30)(H,28,29). The molecule has 0 saturated carbocycles. The third-order valence-electron chi connectivity index (χ3n) is 3.99. The molecule has 8 nitrogen and oxygen atoms in total. The van der Waals surface area contributed by atoms with E-state index < -0.39 is 35.9 Å². The smallest absolute Gasteiger partial charge is 0.492 e. The lowest BCUT2D eigenvalue weighted by Gasteiger charge is -2.19. The Labute approximate surface area is 194 Å². The molecule has 0 fully saturated rings. The van der Waals surface area contributed by atoms with Gasteiger partial charge in [0.2, 0.25) is 0 Å². The van der Waals surface area contributed by atoms with Gasteiger partial charge in [0.05, 0.1) is 6.54 Å². The lowest BCUT2D eigenvalue weighted by Crippen LogP contribution is -2.34. The number of carbonyl (C=O) groups excluding carboxylic acids is 1. The summed E-state index contributed by atoms with van der Waals surface area (Å²) in [5.74, 6) is -1.07. The molecule has 0 spiro atoms. The van der Waals surface area contributed by atoms with Crippen LogP contribution in [0.15, 0.2) is 48.5 Å². The van der Waals surface area contributed by atoms with Crippen LogP contribution in [0, 0.1) is 0 Å². The first-order valence-corrected chi connectivity index (χ1v) is 10.2. The maximum Gasteiger partial charge on any atom is 0.573 e. The van der Waals surface area contributed by atoms with E-state index in [0.717, 1.165) is 12.1 Å². The minimum Gasteiger partial charge on any atom is -0.492 e. The summed E-state index contributed by atoms with van der Waals surface area (Å²) in [7, 11) is 0. The van der Waals surface area contributed by atoms with Crippen LogP contribution in [0.25, 0.3) is 0 Å². The molecule has 0 aromatic heterocycles. The van der Waals surface area contributed by atoms with Crippen molar-refractivity contribution in [3.8, 4) is 17.2 Å². The zero-order valence-electron chi connectivity index (χ0n) is 18.8. The monoisotopic (exact) mass is 485 g/mol. The van der Waals surface area contributed by atoms with Crippen LogP contribution in [0.3, 0.4) is 0 Å². The molecule has 2 aromatic rings. The van der Waals surface area contributed by atoms with Crippen LogP contribution in [0.2, 0.25) is 0 Å². The van der Waals surface area contributed by atoms with Crippen molar-refractivity contribution in [3.63, 3.8) is 0 Å². The molecule has 2 aromatic carbocycles. The highest BCUT2D eigenvalue weighted by atomic mass is 19.4. The molecule has 0 radical (unpaired) electrons. The number of ether oxygens (including phenoxy) is 4. The van der Waals surface area contributed by atoms with Crippen molar-refractivity contribution in [2.75, 3.05) is 13.2 Å². The van der Waals surface area contributed by atoms with E-state index in [4.69, 9.17) is 14.2 Å². The normalized spacial score (nSPS) is 12.4. The van der Waals surface area contributed by atoms with Gasteiger partial charge in [-0.15, -0.1) is 13.2 Å². The molecule has 1 atom stereocenters. The van der Waals surface area contributed by atoms with E-state index in [1.807, 2.05) is 0 Å². The van der Waals surface area contributed by atoms with Crippen molar-refractivity contribution < 1.29 is 46.8 Å². The SMILES string of the molecule is CC(C)(C)OC(=O)NCCOc1ccc(CC(Oc2ccc(OC(F)(F)F)cc2)C(=O)O)cc1. The van der Waals surface area contributed by atoms with Gasteiger partial charge in [0.1, 0.15) is 29.5 Å². The largest absolute Gasteiger partial charge is 0.573 e. The Morgan fingerprint density at radius 1 is 0.941 bits per heavy atom. The molecule has 0 saturated heterocycles. The second kappa shape index (κ2) is 11.5. The molecule has 0 bridgehead atoms. The number of benzene rings is 2. The molecule has 186 valence electrons.